The van der Waals surface area contributed by atoms with Gasteiger partial charge >= 0.3 is 0 Å². The summed E-state index contributed by atoms with van der Waals surface area (Å²) >= 11 is 0. The van der Waals surface area contributed by atoms with Gasteiger partial charge in [-0.2, -0.15) is 0 Å². The van der Waals surface area contributed by atoms with E-state index < -0.39 is 8.32 Å². The van der Waals surface area contributed by atoms with E-state index >= 15 is 0 Å². The highest BCUT2D eigenvalue weighted by Crippen LogP contribution is 2.37. The number of benzene rings is 1. The van der Waals surface area contributed by atoms with Gasteiger partial charge in [0.15, 0.2) is 0 Å². The first kappa shape index (κ1) is 9.28. The molecule has 2 nitrogen and oxygen atoms in total. The molecular formula is C12H21NOSi. The second-order valence-corrected chi connectivity index (χ2v) is 9.98. The minimum Gasteiger partial charge on any atom is -0.544 e. The Kier molecular flexibility index (Phi) is 2.41. The van der Waals surface area contributed by atoms with Gasteiger partial charge in [0.25, 0.3) is 0 Å². The van der Waals surface area contributed by atoms with Crippen LogP contribution in [-0.4, -0.2) is 8.32 Å². The van der Waals surface area contributed by atoms with Crippen LogP contribution in [0.1, 0.15) is 23.5 Å². The van der Waals surface area contributed by atoms with Gasteiger partial charge in [-0.1, -0.05) is 20.8 Å². The molecule has 0 aliphatic rings. The number of hydrogen-bond donors (Lipinski definition) is 1. The van der Waals surface area contributed by atoms with E-state index in [9.17, 15) is 0 Å². The molecule has 0 aliphatic carbocycles. The van der Waals surface area contributed by atoms with Crippen LogP contribution in [0.25, 0.3) is 0 Å². The van der Waals surface area contributed by atoms with Crippen molar-refractivity contribution in [3.63, 3.8) is 0 Å². The molecule has 0 spiro atoms. The van der Waals surface area contributed by atoms with Gasteiger partial charge < -0.3 is 10.2 Å². The minimum atomic E-state index is -1.92. The number of rotatable bonds is 2. The second-order valence-electron chi connectivity index (χ2n) is 5.26. The summed E-state index contributed by atoms with van der Waals surface area (Å²) in [6.45, 7) is 10.7. The normalized spacial score (nSPS) is 14.5. The van der Waals surface area contributed by atoms with E-state index in [0.717, 1.165) is 0 Å². The maximum atomic E-state index is 7.66. The SMILES string of the molecule is [2H]c1cc(O[Si](C)(C)C(C)(C)C)cc([2H])c1N. The first-order valence-corrected chi connectivity index (χ1v) is 8.01. The number of anilines is 1. The Morgan fingerprint density at radius 1 is 1.27 bits per heavy atom. The van der Waals surface area contributed by atoms with Gasteiger partial charge in [-0.3, -0.25) is 0 Å². The largest absolute Gasteiger partial charge is 0.544 e. The topological polar surface area (TPSA) is 35.2 Å². The predicted molar refractivity (Wildman–Crippen MR) is 68.7 cm³/mol. The molecule has 0 radical (unpaired) electrons. The van der Waals surface area contributed by atoms with Gasteiger partial charge in [0.1, 0.15) is 5.75 Å². The first-order chi connectivity index (χ1) is 7.54. The van der Waals surface area contributed by atoms with Gasteiger partial charge in [0, 0.05) is 5.69 Å². The van der Waals surface area contributed by atoms with Gasteiger partial charge in [-0.15, -0.1) is 0 Å². The summed E-state index contributed by atoms with van der Waals surface area (Å²) in [7, 11) is -1.92. The third-order valence-electron chi connectivity index (χ3n) is 2.92. The maximum absolute atomic E-state index is 7.66. The van der Waals surface area contributed by atoms with Crippen LogP contribution in [0, 0.1) is 0 Å². The molecule has 1 rings (SSSR count). The van der Waals surface area contributed by atoms with E-state index in [0.29, 0.717) is 5.75 Å². The van der Waals surface area contributed by atoms with E-state index in [2.05, 4.69) is 33.9 Å². The summed E-state index contributed by atoms with van der Waals surface area (Å²) in [4.78, 5) is 0. The maximum Gasteiger partial charge on any atom is 0.250 e. The van der Waals surface area contributed by atoms with Gasteiger partial charge in [-0.25, -0.2) is 0 Å². The van der Waals surface area contributed by atoms with Crippen molar-refractivity contribution in [1.29, 1.82) is 0 Å². The molecule has 0 unspecified atom stereocenters. The molecule has 3 heteroatoms. The van der Waals surface area contributed by atoms with Crippen molar-refractivity contribution in [1.82, 2.24) is 0 Å². The molecule has 0 heterocycles. The van der Waals surface area contributed by atoms with Crippen molar-refractivity contribution in [3.8, 4) is 5.75 Å². The van der Waals surface area contributed by atoms with Crippen LogP contribution < -0.4 is 10.2 Å². The Bertz CT molecular complexity index is 404. The molecule has 0 saturated carbocycles. The molecule has 0 saturated heterocycles. The Balaban J connectivity index is 3.05. The molecule has 0 bridgehead atoms. The van der Waals surface area contributed by atoms with E-state index in [1.165, 1.54) is 0 Å². The molecular weight excluding hydrogens is 202 g/mol. The van der Waals surface area contributed by atoms with E-state index in [1.54, 1.807) is 12.1 Å². The number of hydrogen-bond acceptors (Lipinski definition) is 2. The summed E-state index contributed by atoms with van der Waals surface area (Å²) in [6, 6.07) is 3.50. The highest BCUT2D eigenvalue weighted by atomic mass is 28.4. The summed E-state index contributed by atoms with van der Waals surface area (Å²) in [5.41, 5.74) is 5.78. The van der Waals surface area contributed by atoms with Crippen LogP contribution in [0.3, 0.4) is 0 Å². The lowest BCUT2D eigenvalue weighted by atomic mass is 10.2. The standard InChI is InChI=1S/C12H21NOSi/c1-12(2,3)15(4,5)14-11-8-6-10(13)7-9-11/h6-9H,13H2,1-5H3/i6D,7D. The Hall–Kier alpha value is -0.963. The molecule has 1 aromatic carbocycles. The number of nitrogens with two attached hydrogens (primary N) is 1. The highest BCUT2D eigenvalue weighted by Gasteiger charge is 2.38. The van der Waals surface area contributed by atoms with Crippen LogP contribution in [0.4, 0.5) is 5.69 Å². The average Bonchev–Trinajstić information content (AvgIpc) is 2.11. The molecule has 2 N–H and O–H groups in total. The fourth-order valence-corrected chi connectivity index (χ4v) is 1.90. The van der Waals surface area contributed by atoms with Gasteiger partial charge in [-0.05, 0) is 42.3 Å². The summed E-state index contributed by atoms with van der Waals surface area (Å²) in [6.07, 6.45) is 0. The zero-order valence-corrected chi connectivity index (χ0v) is 11.1. The van der Waals surface area contributed by atoms with Crippen molar-refractivity contribution in [3.05, 3.63) is 24.2 Å². The fraction of sp³-hybridized carbons (Fsp3) is 0.500. The molecule has 15 heavy (non-hydrogen) atoms. The molecule has 84 valence electrons. The van der Waals surface area contributed by atoms with Crippen LogP contribution in [0.15, 0.2) is 24.2 Å². The zero-order chi connectivity index (χ0) is 13.4. The third kappa shape index (κ3) is 2.99. The van der Waals surface area contributed by atoms with E-state index in [-0.39, 0.29) is 22.8 Å². The Labute approximate surface area is 96.4 Å². The quantitative estimate of drug-likeness (QED) is 0.616. The third-order valence-corrected chi connectivity index (χ3v) is 7.28. The fourth-order valence-electron chi connectivity index (χ4n) is 0.888. The predicted octanol–water partition coefficient (Wildman–Crippen LogP) is 3.65. The smallest absolute Gasteiger partial charge is 0.250 e. The Morgan fingerprint density at radius 2 is 1.73 bits per heavy atom. The summed E-state index contributed by atoms with van der Waals surface area (Å²) < 4.78 is 21.3. The zero-order valence-electron chi connectivity index (χ0n) is 12.1. The lowest BCUT2D eigenvalue weighted by Crippen LogP contribution is -2.43. The molecule has 0 aromatic heterocycles. The second kappa shape index (κ2) is 3.89. The summed E-state index contributed by atoms with van der Waals surface area (Å²) in [5.74, 6) is 0.584. The molecule has 0 aliphatic heterocycles. The van der Waals surface area contributed by atoms with Gasteiger partial charge in [0.05, 0.1) is 2.74 Å². The van der Waals surface area contributed by atoms with Crippen LogP contribution in [0.5, 0.6) is 5.75 Å². The van der Waals surface area contributed by atoms with Crippen molar-refractivity contribution in [2.75, 3.05) is 5.73 Å². The first-order valence-electron chi connectivity index (χ1n) is 6.10. The van der Waals surface area contributed by atoms with Crippen LogP contribution in [0.2, 0.25) is 18.1 Å². The van der Waals surface area contributed by atoms with E-state index in [1.807, 2.05) is 0 Å². The van der Waals surface area contributed by atoms with Crippen molar-refractivity contribution in [2.45, 2.75) is 38.9 Å². The molecule has 1 aromatic rings. The average molecular weight is 225 g/mol. The van der Waals surface area contributed by atoms with Gasteiger partial charge in [0.2, 0.25) is 8.32 Å². The van der Waals surface area contributed by atoms with Crippen molar-refractivity contribution < 1.29 is 7.17 Å². The highest BCUT2D eigenvalue weighted by molar-refractivity contribution is 6.74. The van der Waals surface area contributed by atoms with E-state index in [4.69, 9.17) is 12.9 Å². The molecule has 0 atom stereocenters. The number of nitrogen functional groups attached to an aromatic ring is 1. The van der Waals surface area contributed by atoms with Crippen molar-refractivity contribution >= 4 is 14.0 Å². The monoisotopic (exact) mass is 225 g/mol. The van der Waals surface area contributed by atoms with Crippen molar-refractivity contribution in [2.24, 2.45) is 0 Å². The molecule has 0 amide bonds. The molecule has 0 fully saturated rings. The van der Waals surface area contributed by atoms with Crippen LogP contribution in [-0.2, 0) is 0 Å². The summed E-state index contributed by atoms with van der Waals surface area (Å²) in [5, 5.41) is 0.0960. The lowest BCUT2D eigenvalue weighted by Gasteiger charge is -2.36. The Morgan fingerprint density at radius 3 is 2.13 bits per heavy atom. The van der Waals surface area contributed by atoms with Crippen LogP contribution >= 0.6 is 0 Å². The lowest BCUT2D eigenvalue weighted by molar-refractivity contribution is 0.492. The minimum absolute atomic E-state index is 0.0960.